The first-order valence-corrected chi connectivity index (χ1v) is 16.9. The number of fused-ring (bicyclic) bond motifs is 5. The van der Waals surface area contributed by atoms with Crippen LogP contribution in [0.3, 0.4) is 0 Å². The van der Waals surface area contributed by atoms with E-state index in [0.29, 0.717) is 0 Å². The largest absolute Gasteiger partial charge is 0.456 e. The molecule has 0 fully saturated rings. The SMILES string of the molecule is c1cc(-c2c3ccccc3c(-c3cc4ccccc4c4ccccc34)c3ccccc23)cc(-c2ccc3oc4cccc5ccc2c3c54)c1. The lowest BCUT2D eigenvalue weighted by atomic mass is 9.83. The van der Waals surface area contributed by atoms with E-state index < -0.39 is 0 Å². The third-order valence-electron chi connectivity index (χ3n) is 10.6. The van der Waals surface area contributed by atoms with Crippen LogP contribution in [-0.2, 0) is 0 Å². The highest BCUT2D eigenvalue weighted by molar-refractivity contribution is 6.27. The Morgan fingerprint density at radius 3 is 1.65 bits per heavy atom. The van der Waals surface area contributed by atoms with Gasteiger partial charge in [0.2, 0.25) is 0 Å². The van der Waals surface area contributed by atoms with Crippen molar-refractivity contribution in [2.24, 2.45) is 0 Å². The van der Waals surface area contributed by atoms with Crippen molar-refractivity contribution >= 4 is 75.8 Å². The Bertz CT molecular complexity index is 3050. The molecule has 0 amide bonds. The summed E-state index contributed by atoms with van der Waals surface area (Å²) in [6, 6.07) is 62.2. The number of benzene rings is 10. The van der Waals surface area contributed by atoms with Crippen LogP contribution in [0.2, 0.25) is 0 Å². The van der Waals surface area contributed by atoms with Gasteiger partial charge < -0.3 is 4.42 Å². The van der Waals surface area contributed by atoms with E-state index >= 15 is 0 Å². The molecule has 1 heteroatoms. The maximum absolute atomic E-state index is 6.29. The maximum Gasteiger partial charge on any atom is 0.136 e. The van der Waals surface area contributed by atoms with Gasteiger partial charge in [0, 0.05) is 10.8 Å². The number of hydrogen-bond acceptors (Lipinski definition) is 1. The molecule has 49 heavy (non-hydrogen) atoms. The minimum atomic E-state index is 0.940. The Labute approximate surface area is 282 Å². The summed E-state index contributed by atoms with van der Waals surface area (Å²) in [7, 11) is 0. The predicted molar refractivity (Wildman–Crippen MR) is 209 cm³/mol. The molecule has 0 unspecified atom stereocenters. The normalized spacial score (nSPS) is 12.1. The Hall–Kier alpha value is -6.44. The lowest BCUT2D eigenvalue weighted by Gasteiger charge is -2.20. The van der Waals surface area contributed by atoms with Gasteiger partial charge in [-0.25, -0.2) is 0 Å². The third kappa shape index (κ3) is 3.76. The summed E-state index contributed by atoms with van der Waals surface area (Å²) in [4.78, 5) is 0. The van der Waals surface area contributed by atoms with Gasteiger partial charge in [-0.15, -0.1) is 0 Å². The summed E-state index contributed by atoms with van der Waals surface area (Å²) in [6.07, 6.45) is 0. The van der Waals surface area contributed by atoms with Crippen molar-refractivity contribution in [2.45, 2.75) is 0 Å². The topological polar surface area (TPSA) is 13.1 Å². The molecule has 0 aliphatic heterocycles. The Morgan fingerprint density at radius 2 is 0.878 bits per heavy atom. The van der Waals surface area contributed by atoms with Gasteiger partial charge in [-0.2, -0.15) is 0 Å². The van der Waals surface area contributed by atoms with Gasteiger partial charge >= 0.3 is 0 Å². The van der Waals surface area contributed by atoms with Crippen LogP contribution in [0, 0.1) is 0 Å². The zero-order valence-electron chi connectivity index (χ0n) is 26.6. The standard InChI is InChI=1S/C48H28O/c1-2-15-33-31(11-1)28-42(36-17-4-3-16-35(33)36)47-39-20-7-5-18-37(39)45(38-19-6-8-21-40(38)47)32-14-9-13-30(27-32)34-25-26-44-48-41(34)24-23-29-12-10-22-43(49-44)46(29)48/h1-28H. The molecule has 0 aliphatic rings. The minimum absolute atomic E-state index is 0.940. The molecule has 0 N–H and O–H groups in total. The molecule has 1 nitrogen and oxygen atoms in total. The quantitative estimate of drug-likeness (QED) is 0.141. The molecule has 1 heterocycles. The van der Waals surface area contributed by atoms with Crippen molar-refractivity contribution in [1.82, 2.24) is 0 Å². The summed E-state index contributed by atoms with van der Waals surface area (Å²) < 4.78 is 6.29. The minimum Gasteiger partial charge on any atom is -0.456 e. The van der Waals surface area contributed by atoms with Gasteiger partial charge in [0.15, 0.2) is 0 Å². The molecule has 0 bridgehead atoms. The monoisotopic (exact) mass is 620 g/mol. The van der Waals surface area contributed by atoms with Crippen LogP contribution in [0.15, 0.2) is 174 Å². The van der Waals surface area contributed by atoms with Crippen molar-refractivity contribution in [3.8, 4) is 33.4 Å². The molecular weight excluding hydrogens is 593 g/mol. The van der Waals surface area contributed by atoms with Gasteiger partial charge in [-0.3, -0.25) is 0 Å². The van der Waals surface area contributed by atoms with Crippen LogP contribution in [0.25, 0.3) is 109 Å². The van der Waals surface area contributed by atoms with E-state index in [1.54, 1.807) is 0 Å². The van der Waals surface area contributed by atoms with Gasteiger partial charge in [-0.05, 0) is 112 Å². The summed E-state index contributed by atoms with van der Waals surface area (Å²) >= 11 is 0. The summed E-state index contributed by atoms with van der Waals surface area (Å²) in [6.45, 7) is 0. The zero-order chi connectivity index (χ0) is 32.1. The molecule has 0 aliphatic carbocycles. The van der Waals surface area contributed by atoms with Crippen molar-refractivity contribution in [1.29, 1.82) is 0 Å². The van der Waals surface area contributed by atoms with Crippen LogP contribution < -0.4 is 0 Å². The van der Waals surface area contributed by atoms with Crippen molar-refractivity contribution < 1.29 is 4.42 Å². The molecular formula is C48H28O. The van der Waals surface area contributed by atoms with E-state index in [9.17, 15) is 0 Å². The van der Waals surface area contributed by atoms with Crippen molar-refractivity contribution in [3.05, 3.63) is 170 Å². The Kier molecular flexibility index (Phi) is 5.45. The Morgan fingerprint density at radius 1 is 0.286 bits per heavy atom. The molecule has 0 saturated carbocycles. The lowest BCUT2D eigenvalue weighted by molar-refractivity contribution is 0.669. The number of hydrogen-bond donors (Lipinski definition) is 0. The molecule has 1 aromatic heterocycles. The molecule has 11 rings (SSSR count). The molecule has 11 aromatic rings. The molecule has 0 spiro atoms. The maximum atomic E-state index is 6.29. The first-order chi connectivity index (χ1) is 24.3. The van der Waals surface area contributed by atoms with Crippen LogP contribution in [0.4, 0.5) is 0 Å². The number of rotatable bonds is 3. The second kappa shape index (κ2) is 10.0. The molecule has 0 saturated heterocycles. The van der Waals surface area contributed by atoms with Gasteiger partial charge in [0.05, 0.1) is 0 Å². The second-order valence-electron chi connectivity index (χ2n) is 13.2. The smallest absolute Gasteiger partial charge is 0.136 e. The average molecular weight is 621 g/mol. The fourth-order valence-electron chi connectivity index (χ4n) is 8.53. The summed E-state index contributed by atoms with van der Waals surface area (Å²) in [5, 5.41) is 15.0. The van der Waals surface area contributed by atoms with Crippen LogP contribution in [0.5, 0.6) is 0 Å². The number of furan rings is 1. The first kappa shape index (κ1) is 26.6. The second-order valence-corrected chi connectivity index (χ2v) is 13.2. The van der Waals surface area contributed by atoms with Crippen molar-refractivity contribution in [2.75, 3.05) is 0 Å². The van der Waals surface area contributed by atoms with Gasteiger partial charge in [-0.1, -0.05) is 146 Å². The average Bonchev–Trinajstić information content (AvgIpc) is 3.56. The van der Waals surface area contributed by atoms with E-state index in [-0.39, 0.29) is 0 Å². The first-order valence-electron chi connectivity index (χ1n) is 16.9. The molecule has 0 atom stereocenters. The van der Waals surface area contributed by atoms with Crippen LogP contribution in [-0.4, -0.2) is 0 Å². The summed E-state index contributed by atoms with van der Waals surface area (Å²) in [5.74, 6) is 0. The lowest BCUT2D eigenvalue weighted by Crippen LogP contribution is -1.92. The summed E-state index contributed by atoms with van der Waals surface area (Å²) in [5.41, 5.74) is 9.34. The van der Waals surface area contributed by atoms with Crippen molar-refractivity contribution in [3.63, 3.8) is 0 Å². The zero-order valence-corrected chi connectivity index (χ0v) is 26.6. The predicted octanol–water partition coefficient (Wildman–Crippen LogP) is 13.8. The highest BCUT2D eigenvalue weighted by Gasteiger charge is 2.20. The van der Waals surface area contributed by atoms with E-state index in [1.165, 1.54) is 98.0 Å². The fraction of sp³-hybridized carbons (Fsp3) is 0. The Balaban J connectivity index is 1.20. The van der Waals surface area contributed by atoms with Gasteiger partial charge in [0.1, 0.15) is 11.2 Å². The fourth-order valence-corrected chi connectivity index (χ4v) is 8.53. The van der Waals surface area contributed by atoms with Crippen LogP contribution >= 0.6 is 0 Å². The third-order valence-corrected chi connectivity index (χ3v) is 10.6. The van der Waals surface area contributed by atoms with E-state index in [1.807, 2.05) is 0 Å². The molecule has 10 aromatic carbocycles. The highest BCUT2D eigenvalue weighted by atomic mass is 16.3. The highest BCUT2D eigenvalue weighted by Crippen LogP contribution is 2.47. The van der Waals surface area contributed by atoms with E-state index in [0.717, 1.165) is 11.2 Å². The molecule has 226 valence electrons. The molecule has 0 radical (unpaired) electrons. The van der Waals surface area contributed by atoms with E-state index in [4.69, 9.17) is 4.42 Å². The van der Waals surface area contributed by atoms with Gasteiger partial charge in [0.25, 0.3) is 0 Å². The van der Waals surface area contributed by atoms with Crippen LogP contribution in [0.1, 0.15) is 0 Å². The van der Waals surface area contributed by atoms with E-state index in [2.05, 4.69) is 170 Å².